The number of fused-ring (bicyclic) bond motifs is 2. The van der Waals surface area contributed by atoms with Gasteiger partial charge in [0, 0.05) is 13.3 Å². The summed E-state index contributed by atoms with van der Waals surface area (Å²) in [7, 11) is 0.806. The molecule has 0 saturated carbocycles. The molecule has 10 heteroatoms. The van der Waals surface area contributed by atoms with E-state index in [2.05, 4.69) is 25.3 Å². The topological polar surface area (TPSA) is 117 Å². The lowest BCUT2D eigenvalue weighted by Gasteiger charge is -2.03. The normalized spacial score (nSPS) is 13.8. The summed E-state index contributed by atoms with van der Waals surface area (Å²) in [6, 6.07) is 5.65. The van der Waals surface area contributed by atoms with Crippen molar-refractivity contribution in [3.63, 3.8) is 0 Å². The second-order valence-electron chi connectivity index (χ2n) is 5.68. The minimum atomic E-state index is -0.837. The van der Waals surface area contributed by atoms with E-state index in [-0.39, 0.29) is 5.69 Å². The van der Waals surface area contributed by atoms with Gasteiger partial charge in [0.05, 0.1) is 6.61 Å². The molecule has 9 nitrogen and oxygen atoms in total. The van der Waals surface area contributed by atoms with Gasteiger partial charge in [-0.3, -0.25) is 9.56 Å². The molecule has 4 rings (SSSR count). The molecule has 0 unspecified atom stereocenters. The van der Waals surface area contributed by atoms with Gasteiger partial charge in [0.15, 0.2) is 11.5 Å². The SMILES string of the molecule is Cn1c(=O)[nH]c2c(NCN=Cc3ccc4c(c3)COB4O)ncnc21. The zero-order valence-corrected chi connectivity index (χ0v) is 13.4. The summed E-state index contributed by atoms with van der Waals surface area (Å²) in [6.07, 6.45) is 3.12. The molecule has 0 spiro atoms. The maximum absolute atomic E-state index is 11.7. The quantitative estimate of drug-likeness (QED) is 0.430. The Hall–Kier alpha value is -2.98. The Morgan fingerprint density at radius 3 is 3.28 bits per heavy atom. The number of H-pyrrole nitrogens is 1. The van der Waals surface area contributed by atoms with Gasteiger partial charge in [0.2, 0.25) is 0 Å². The van der Waals surface area contributed by atoms with Crippen LogP contribution in [0.4, 0.5) is 5.82 Å². The first-order chi connectivity index (χ1) is 12.1. The zero-order valence-electron chi connectivity index (χ0n) is 13.4. The van der Waals surface area contributed by atoms with Gasteiger partial charge in [0.25, 0.3) is 0 Å². The minimum Gasteiger partial charge on any atom is -0.423 e. The smallest absolute Gasteiger partial charge is 0.423 e. The highest BCUT2D eigenvalue weighted by molar-refractivity contribution is 6.61. The summed E-state index contributed by atoms with van der Waals surface area (Å²) in [5.41, 5.74) is 3.51. The van der Waals surface area contributed by atoms with Gasteiger partial charge in [0.1, 0.15) is 18.5 Å². The monoisotopic (exact) mass is 338 g/mol. The first kappa shape index (κ1) is 15.5. The van der Waals surface area contributed by atoms with Crippen LogP contribution < -0.4 is 16.5 Å². The van der Waals surface area contributed by atoms with Crippen LogP contribution in [0.15, 0.2) is 34.3 Å². The largest absolute Gasteiger partial charge is 0.491 e. The van der Waals surface area contributed by atoms with Crippen molar-refractivity contribution in [3.05, 3.63) is 46.1 Å². The third-order valence-electron chi connectivity index (χ3n) is 4.09. The number of anilines is 1. The Morgan fingerprint density at radius 1 is 1.52 bits per heavy atom. The molecule has 25 heavy (non-hydrogen) atoms. The van der Waals surface area contributed by atoms with Crippen LogP contribution in [0.5, 0.6) is 0 Å². The Kier molecular flexibility index (Phi) is 3.82. The standard InChI is InChI=1S/C15H15BN6O3/c1-22-14-12(21-15(22)23)13(19-8-20-14)18-7-17-5-9-2-3-11-10(4-9)6-25-16(11)24/h2-5,8,24H,6-7H2,1H3,(H,21,23)(H,18,19,20). The highest BCUT2D eigenvalue weighted by atomic mass is 16.5. The number of aromatic amines is 1. The van der Waals surface area contributed by atoms with Crippen molar-refractivity contribution in [1.82, 2.24) is 19.5 Å². The van der Waals surface area contributed by atoms with Crippen LogP contribution in [0, 0.1) is 0 Å². The number of aromatic nitrogens is 4. The summed E-state index contributed by atoms with van der Waals surface area (Å²) >= 11 is 0. The van der Waals surface area contributed by atoms with E-state index in [1.807, 2.05) is 18.2 Å². The Bertz CT molecular complexity index is 1030. The van der Waals surface area contributed by atoms with Gasteiger partial charge in [-0.2, -0.15) is 0 Å². The lowest BCUT2D eigenvalue weighted by molar-refractivity contribution is 0.275. The van der Waals surface area contributed by atoms with Crippen molar-refractivity contribution in [1.29, 1.82) is 0 Å². The van der Waals surface area contributed by atoms with Crippen LogP contribution in [0.25, 0.3) is 11.2 Å². The summed E-state index contributed by atoms with van der Waals surface area (Å²) < 4.78 is 6.59. The average molecular weight is 338 g/mol. The number of hydrogen-bond acceptors (Lipinski definition) is 7. The first-order valence-corrected chi connectivity index (χ1v) is 7.69. The van der Waals surface area contributed by atoms with E-state index in [4.69, 9.17) is 4.65 Å². The fraction of sp³-hybridized carbons (Fsp3) is 0.200. The van der Waals surface area contributed by atoms with Gasteiger partial charge >= 0.3 is 12.8 Å². The Morgan fingerprint density at radius 2 is 2.40 bits per heavy atom. The molecule has 126 valence electrons. The third-order valence-corrected chi connectivity index (χ3v) is 4.09. The van der Waals surface area contributed by atoms with Gasteiger partial charge in [-0.1, -0.05) is 12.1 Å². The van der Waals surface area contributed by atoms with Crippen LogP contribution in [0.3, 0.4) is 0 Å². The minimum absolute atomic E-state index is 0.246. The predicted molar refractivity (Wildman–Crippen MR) is 94.1 cm³/mol. The molecule has 0 radical (unpaired) electrons. The molecule has 0 bridgehead atoms. The number of nitrogens with one attached hydrogen (secondary N) is 2. The van der Waals surface area contributed by atoms with Crippen molar-refractivity contribution in [2.24, 2.45) is 12.0 Å². The van der Waals surface area contributed by atoms with Crippen molar-refractivity contribution >= 4 is 35.8 Å². The molecule has 3 aromatic rings. The van der Waals surface area contributed by atoms with Crippen molar-refractivity contribution in [2.75, 3.05) is 12.0 Å². The van der Waals surface area contributed by atoms with Gasteiger partial charge in [-0.05, 0) is 22.7 Å². The number of rotatable bonds is 4. The summed E-state index contributed by atoms with van der Waals surface area (Å²) in [5, 5.41) is 12.7. The van der Waals surface area contributed by atoms with Gasteiger partial charge in [-0.25, -0.2) is 14.8 Å². The summed E-state index contributed by atoms with van der Waals surface area (Å²) in [6.45, 7) is 0.690. The molecule has 0 atom stereocenters. The summed E-state index contributed by atoms with van der Waals surface area (Å²) in [5.74, 6) is 0.519. The first-order valence-electron chi connectivity index (χ1n) is 7.69. The van der Waals surface area contributed by atoms with E-state index >= 15 is 0 Å². The number of aliphatic imine (C=N–C) groups is 1. The second kappa shape index (κ2) is 6.15. The molecular weight excluding hydrogens is 323 g/mol. The number of aryl methyl sites for hydroxylation is 1. The molecule has 0 aliphatic carbocycles. The molecule has 3 heterocycles. The molecular formula is C15H15BN6O3. The van der Waals surface area contributed by atoms with Gasteiger partial charge < -0.3 is 20.0 Å². The lowest BCUT2D eigenvalue weighted by Crippen LogP contribution is -2.27. The molecule has 0 saturated heterocycles. The van der Waals surface area contributed by atoms with Crippen LogP contribution in [-0.4, -0.2) is 44.5 Å². The molecule has 3 N–H and O–H groups in total. The van der Waals surface area contributed by atoms with E-state index in [9.17, 15) is 9.82 Å². The van der Waals surface area contributed by atoms with E-state index < -0.39 is 7.12 Å². The molecule has 1 aliphatic heterocycles. The van der Waals surface area contributed by atoms with Crippen molar-refractivity contribution in [3.8, 4) is 0 Å². The molecule has 0 fully saturated rings. The number of imidazole rings is 1. The maximum Gasteiger partial charge on any atom is 0.491 e. The summed E-state index contributed by atoms with van der Waals surface area (Å²) in [4.78, 5) is 26.9. The van der Waals surface area contributed by atoms with Gasteiger partial charge in [-0.15, -0.1) is 0 Å². The van der Waals surface area contributed by atoms with Crippen LogP contribution in [-0.2, 0) is 18.3 Å². The van der Waals surface area contributed by atoms with E-state index in [1.165, 1.54) is 10.9 Å². The van der Waals surface area contributed by atoms with Crippen molar-refractivity contribution < 1.29 is 9.68 Å². The Labute approximate surface area is 142 Å². The molecule has 1 aliphatic rings. The number of benzene rings is 1. The maximum atomic E-state index is 11.7. The molecule has 0 amide bonds. The average Bonchev–Trinajstić information content (AvgIpc) is 3.13. The van der Waals surface area contributed by atoms with E-state index in [1.54, 1.807) is 13.3 Å². The molecule has 1 aromatic carbocycles. The number of hydrogen-bond donors (Lipinski definition) is 3. The van der Waals surface area contributed by atoms with E-state index in [0.717, 1.165) is 16.6 Å². The Balaban J connectivity index is 1.47. The fourth-order valence-corrected chi connectivity index (χ4v) is 2.77. The number of nitrogens with zero attached hydrogens (tertiary/aromatic N) is 4. The van der Waals surface area contributed by atoms with E-state index in [0.29, 0.717) is 30.3 Å². The van der Waals surface area contributed by atoms with Crippen LogP contribution in [0.2, 0.25) is 0 Å². The molecule has 2 aromatic heterocycles. The van der Waals surface area contributed by atoms with Crippen LogP contribution >= 0.6 is 0 Å². The highest BCUT2D eigenvalue weighted by Crippen LogP contribution is 2.14. The van der Waals surface area contributed by atoms with Crippen molar-refractivity contribution in [2.45, 2.75) is 6.61 Å². The zero-order chi connectivity index (χ0) is 17.4. The fourth-order valence-electron chi connectivity index (χ4n) is 2.77. The third kappa shape index (κ3) is 2.81. The lowest BCUT2D eigenvalue weighted by atomic mass is 9.79. The van der Waals surface area contributed by atoms with Crippen LogP contribution in [0.1, 0.15) is 11.1 Å². The predicted octanol–water partition coefficient (Wildman–Crippen LogP) is -0.637. The highest BCUT2D eigenvalue weighted by Gasteiger charge is 2.26. The second-order valence-corrected chi connectivity index (χ2v) is 5.68.